The van der Waals surface area contributed by atoms with Crippen LogP contribution in [0.1, 0.15) is 61.9 Å². The molecule has 2 fully saturated rings. The maximum absolute atomic E-state index is 14.0. The van der Waals surface area contributed by atoms with Crippen molar-refractivity contribution in [3.8, 4) is 11.5 Å². The third-order valence-corrected chi connectivity index (χ3v) is 14.2. The average Bonchev–Trinajstić information content (AvgIpc) is 3.63. The molecule has 8 rings (SSSR count). The Morgan fingerprint density at radius 1 is 0.952 bits per heavy atom. The molecule has 5 aromatic rings. The van der Waals surface area contributed by atoms with Crippen LogP contribution in [0.5, 0.6) is 11.5 Å². The molecule has 0 radical (unpaired) electrons. The van der Waals surface area contributed by atoms with Gasteiger partial charge in [-0.1, -0.05) is 60.8 Å². The van der Waals surface area contributed by atoms with Gasteiger partial charge in [-0.2, -0.15) is 0 Å². The number of piperazine rings is 1. The van der Waals surface area contributed by atoms with E-state index >= 15 is 0 Å². The molecular formula is C46H51Cl2N7O6S. The Labute approximate surface area is 372 Å². The SMILES string of the molecule is CN1CCC(Nc2ccc(S(=O)(=O)NC(=O)c3ccc(N4CCN(CC5=C(c6ccc(Cl)cc6)CC(C)(C)CC5)CC4)cc3Oc3cccc4[nH]cc(Cl)c34)cc2[N+](=O)[O-])CC1. The number of carbonyl (C=O) groups is 1. The maximum atomic E-state index is 14.0. The van der Waals surface area contributed by atoms with Crippen molar-refractivity contribution in [3.05, 3.63) is 122 Å². The minimum Gasteiger partial charge on any atom is -0.456 e. The summed E-state index contributed by atoms with van der Waals surface area (Å²) in [5, 5.41) is 17.1. The Morgan fingerprint density at radius 2 is 1.69 bits per heavy atom. The molecule has 4 aromatic carbocycles. The van der Waals surface area contributed by atoms with E-state index in [0.717, 1.165) is 100 Å². The molecule has 1 amide bonds. The van der Waals surface area contributed by atoms with Crippen molar-refractivity contribution < 1.29 is 22.9 Å². The Hall–Kier alpha value is -5.12. The number of halogens is 2. The van der Waals surface area contributed by atoms with Crippen molar-refractivity contribution in [2.24, 2.45) is 5.41 Å². The number of hydrogen-bond acceptors (Lipinski definition) is 10. The molecule has 0 unspecified atom stereocenters. The molecule has 2 aliphatic heterocycles. The number of rotatable bonds is 12. The van der Waals surface area contributed by atoms with Crippen molar-refractivity contribution in [2.75, 3.05) is 63.1 Å². The Balaban J connectivity index is 1.03. The molecule has 326 valence electrons. The van der Waals surface area contributed by atoms with E-state index in [2.05, 4.69) is 55.7 Å². The number of piperidine rings is 1. The van der Waals surface area contributed by atoms with Gasteiger partial charge in [-0.05, 0) is 117 Å². The number of nitro benzene ring substituents is 1. The van der Waals surface area contributed by atoms with Crippen molar-refractivity contribution >= 4 is 72.7 Å². The minimum absolute atomic E-state index is 0.00493. The normalized spacial score (nSPS) is 17.9. The molecule has 0 spiro atoms. The number of carbonyl (C=O) groups excluding carboxylic acids is 1. The summed E-state index contributed by atoms with van der Waals surface area (Å²) in [6, 6.07) is 22.2. The van der Waals surface area contributed by atoms with E-state index in [1.54, 1.807) is 36.5 Å². The number of nitro groups is 1. The smallest absolute Gasteiger partial charge is 0.293 e. The van der Waals surface area contributed by atoms with Gasteiger partial charge in [-0.15, -0.1) is 0 Å². The second-order valence-electron chi connectivity index (χ2n) is 17.4. The summed E-state index contributed by atoms with van der Waals surface area (Å²) in [4.78, 5) is 35.1. The zero-order valence-corrected chi connectivity index (χ0v) is 37.4. The molecule has 62 heavy (non-hydrogen) atoms. The number of nitrogens with one attached hydrogen (secondary N) is 3. The van der Waals surface area contributed by atoms with Crippen LogP contribution in [0.25, 0.3) is 16.5 Å². The molecule has 16 heteroatoms. The molecule has 0 atom stereocenters. The summed E-state index contributed by atoms with van der Waals surface area (Å²) in [6.45, 7) is 10.3. The first-order chi connectivity index (χ1) is 29.6. The summed E-state index contributed by atoms with van der Waals surface area (Å²) >= 11 is 12.8. The topological polar surface area (TPSA) is 153 Å². The van der Waals surface area contributed by atoms with E-state index in [1.165, 1.54) is 28.8 Å². The number of allylic oxidation sites excluding steroid dienone is 1. The Morgan fingerprint density at radius 3 is 2.42 bits per heavy atom. The van der Waals surface area contributed by atoms with Gasteiger partial charge in [0.05, 0.1) is 31.3 Å². The maximum Gasteiger partial charge on any atom is 0.293 e. The molecule has 2 saturated heterocycles. The Kier molecular flexibility index (Phi) is 12.6. The first-order valence-corrected chi connectivity index (χ1v) is 23.2. The molecule has 0 bridgehead atoms. The van der Waals surface area contributed by atoms with E-state index in [1.807, 2.05) is 25.2 Å². The molecule has 1 aliphatic carbocycles. The molecule has 1 aromatic heterocycles. The number of hydrogen-bond donors (Lipinski definition) is 3. The number of sulfonamides is 1. The van der Waals surface area contributed by atoms with Crippen LogP contribution in [0.4, 0.5) is 17.1 Å². The number of H-pyrrole nitrogens is 1. The van der Waals surface area contributed by atoms with Crippen molar-refractivity contribution in [1.29, 1.82) is 0 Å². The average molecular weight is 901 g/mol. The van der Waals surface area contributed by atoms with Crippen molar-refractivity contribution in [3.63, 3.8) is 0 Å². The highest BCUT2D eigenvalue weighted by Gasteiger charge is 2.31. The number of likely N-dealkylation sites (tertiary alicyclic amines) is 1. The highest BCUT2D eigenvalue weighted by molar-refractivity contribution is 7.90. The number of amides is 1. The number of aromatic amines is 1. The van der Waals surface area contributed by atoms with Crippen LogP contribution in [0.15, 0.2) is 95.5 Å². The number of benzene rings is 4. The number of fused-ring (bicyclic) bond motifs is 1. The predicted molar refractivity (Wildman–Crippen MR) is 246 cm³/mol. The van der Waals surface area contributed by atoms with E-state index in [-0.39, 0.29) is 28.5 Å². The predicted octanol–water partition coefficient (Wildman–Crippen LogP) is 9.59. The summed E-state index contributed by atoms with van der Waals surface area (Å²) < 4.78 is 36.1. The van der Waals surface area contributed by atoms with Gasteiger partial charge in [-0.3, -0.25) is 19.8 Å². The zero-order chi connectivity index (χ0) is 43.8. The molecular weight excluding hydrogens is 850 g/mol. The molecule has 13 nitrogen and oxygen atoms in total. The third-order valence-electron chi connectivity index (χ3n) is 12.4. The summed E-state index contributed by atoms with van der Waals surface area (Å²) in [5.41, 5.74) is 5.62. The van der Waals surface area contributed by atoms with Gasteiger partial charge >= 0.3 is 0 Å². The second-order valence-corrected chi connectivity index (χ2v) is 19.9. The highest BCUT2D eigenvalue weighted by Crippen LogP contribution is 2.44. The summed E-state index contributed by atoms with van der Waals surface area (Å²) in [6.07, 6.45) is 6.41. The van der Waals surface area contributed by atoms with Crippen LogP contribution in [-0.4, -0.2) is 92.9 Å². The molecule has 3 heterocycles. The fraction of sp³-hybridized carbons (Fsp3) is 0.370. The van der Waals surface area contributed by atoms with Crippen LogP contribution in [-0.2, 0) is 10.0 Å². The van der Waals surface area contributed by atoms with E-state index < -0.39 is 31.4 Å². The van der Waals surface area contributed by atoms with Gasteiger partial charge in [0.25, 0.3) is 21.6 Å². The lowest BCUT2D eigenvalue weighted by Gasteiger charge is -2.39. The molecule has 3 N–H and O–H groups in total. The van der Waals surface area contributed by atoms with Crippen LogP contribution in [0.3, 0.4) is 0 Å². The van der Waals surface area contributed by atoms with Gasteiger partial charge < -0.3 is 24.8 Å². The lowest BCUT2D eigenvalue weighted by Crippen LogP contribution is -2.47. The Bertz CT molecular complexity index is 2630. The lowest BCUT2D eigenvalue weighted by atomic mass is 9.72. The monoisotopic (exact) mass is 899 g/mol. The van der Waals surface area contributed by atoms with Gasteiger partial charge in [0.1, 0.15) is 17.2 Å². The quantitative estimate of drug-likeness (QED) is 0.0815. The van der Waals surface area contributed by atoms with Gasteiger partial charge in [0, 0.05) is 67.8 Å². The van der Waals surface area contributed by atoms with Crippen LogP contribution in [0.2, 0.25) is 10.0 Å². The number of ether oxygens (including phenoxy) is 1. The largest absolute Gasteiger partial charge is 0.456 e. The standard InChI is InChI=1S/C46H51Cl2N7O6S/c1-46(2)18-15-31(37(27-46)30-7-9-32(47)10-8-30)29-53-21-23-54(24-22-53)34-11-13-36(43(25-34)61-42-6-4-5-40-44(42)38(48)28-49-40)45(56)51-62(59,60)35-12-14-39(41(26-35)55(57)58)50-33-16-19-52(3)20-17-33/h4-14,25-26,28,33,49-50H,15-24,27,29H2,1-3H3,(H,51,56). The third kappa shape index (κ3) is 9.74. The second kappa shape index (κ2) is 17.9. The van der Waals surface area contributed by atoms with Crippen LogP contribution >= 0.6 is 23.2 Å². The number of nitrogens with zero attached hydrogens (tertiary/aromatic N) is 4. The van der Waals surface area contributed by atoms with Gasteiger partial charge in [0.15, 0.2) is 0 Å². The van der Waals surface area contributed by atoms with E-state index in [0.29, 0.717) is 16.2 Å². The van der Waals surface area contributed by atoms with Crippen LogP contribution < -0.4 is 19.7 Å². The first-order valence-electron chi connectivity index (χ1n) is 20.9. The van der Waals surface area contributed by atoms with E-state index in [9.17, 15) is 23.3 Å². The minimum atomic E-state index is -4.57. The van der Waals surface area contributed by atoms with Crippen molar-refractivity contribution in [1.82, 2.24) is 19.5 Å². The fourth-order valence-corrected chi connectivity index (χ4v) is 10.1. The zero-order valence-electron chi connectivity index (χ0n) is 35.0. The fourth-order valence-electron chi connectivity index (χ4n) is 8.75. The van der Waals surface area contributed by atoms with Crippen LogP contribution in [0, 0.1) is 15.5 Å². The van der Waals surface area contributed by atoms with E-state index in [4.69, 9.17) is 27.9 Å². The van der Waals surface area contributed by atoms with Crippen molar-refractivity contribution in [2.45, 2.75) is 56.9 Å². The molecule has 3 aliphatic rings. The highest BCUT2D eigenvalue weighted by atomic mass is 35.5. The number of aromatic nitrogens is 1. The summed E-state index contributed by atoms with van der Waals surface area (Å²) in [7, 11) is -2.55. The number of anilines is 2. The molecule has 0 saturated carbocycles. The first kappa shape index (κ1) is 43.5. The van der Waals surface area contributed by atoms with Gasteiger partial charge in [0.2, 0.25) is 0 Å². The van der Waals surface area contributed by atoms with Gasteiger partial charge in [-0.25, -0.2) is 13.1 Å². The lowest BCUT2D eigenvalue weighted by molar-refractivity contribution is -0.384. The summed E-state index contributed by atoms with van der Waals surface area (Å²) in [5.74, 6) is -0.467.